The molecule has 2 aliphatic heterocycles. The van der Waals surface area contributed by atoms with Crippen LogP contribution in [0.15, 0.2) is 23.3 Å². The molecule has 1 saturated carbocycles. The Kier molecular flexibility index (Phi) is 6.35. The number of hydrogen-bond donors (Lipinski definition) is 1. The van der Waals surface area contributed by atoms with Crippen LogP contribution in [-0.2, 0) is 6.54 Å². The number of aliphatic imine (C=N–C) groups is 1. The van der Waals surface area contributed by atoms with E-state index in [1.807, 2.05) is 6.20 Å². The van der Waals surface area contributed by atoms with Crippen LogP contribution in [0.25, 0.3) is 0 Å². The van der Waals surface area contributed by atoms with E-state index in [2.05, 4.69) is 46.1 Å². The molecule has 6 heteroatoms. The van der Waals surface area contributed by atoms with Gasteiger partial charge in [-0.1, -0.05) is 18.9 Å². The third-order valence-electron chi connectivity index (χ3n) is 6.66. The van der Waals surface area contributed by atoms with Gasteiger partial charge in [0, 0.05) is 52.0 Å². The average molecular weight is 385 g/mol. The fraction of sp³-hybridized carbons (Fsp3) is 0.727. The van der Waals surface area contributed by atoms with Gasteiger partial charge in [0.25, 0.3) is 0 Å². The average Bonchev–Trinajstić information content (AvgIpc) is 3.16. The second kappa shape index (κ2) is 9.12. The lowest BCUT2D eigenvalue weighted by atomic mass is 9.82. The first-order valence-electron chi connectivity index (χ1n) is 11.1. The molecule has 0 bridgehead atoms. The summed E-state index contributed by atoms with van der Waals surface area (Å²) in [6.45, 7) is 10.5. The molecule has 1 aliphatic carbocycles. The molecule has 2 unspecified atom stereocenters. The molecule has 0 amide bonds. The van der Waals surface area contributed by atoms with Crippen molar-refractivity contribution in [3.63, 3.8) is 0 Å². The number of nitrogens with zero attached hydrogens (tertiary/aromatic N) is 5. The van der Waals surface area contributed by atoms with Crippen LogP contribution in [0.5, 0.6) is 0 Å². The highest BCUT2D eigenvalue weighted by Crippen LogP contribution is 2.36. The predicted molar refractivity (Wildman–Crippen MR) is 116 cm³/mol. The van der Waals surface area contributed by atoms with Crippen LogP contribution in [0.4, 0.5) is 5.82 Å². The summed E-state index contributed by atoms with van der Waals surface area (Å²) in [5, 5.41) is 3.51. The number of piperazine rings is 1. The van der Waals surface area contributed by atoms with E-state index in [4.69, 9.17) is 9.98 Å². The summed E-state index contributed by atoms with van der Waals surface area (Å²) in [6.07, 6.45) is 7.63. The topological polar surface area (TPSA) is 47.0 Å². The largest absolute Gasteiger partial charge is 0.357 e. The quantitative estimate of drug-likeness (QED) is 0.638. The third-order valence-corrected chi connectivity index (χ3v) is 6.66. The molecule has 3 heterocycles. The molecule has 1 aromatic heterocycles. The molecular formula is C22H36N6. The van der Waals surface area contributed by atoms with E-state index in [-0.39, 0.29) is 0 Å². The lowest BCUT2D eigenvalue weighted by Crippen LogP contribution is -2.44. The number of rotatable bonds is 4. The molecule has 6 nitrogen and oxygen atoms in total. The molecule has 0 radical (unpaired) electrons. The van der Waals surface area contributed by atoms with Gasteiger partial charge in [-0.25, -0.2) is 9.98 Å². The minimum Gasteiger partial charge on any atom is -0.357 e. The van der Waals surface area contributed by atoms with Crippen LogP contribution in [0, 0.1) is 11.8 Å². The normalized spacial score (nSPS) is 26.4. The maximum absolute atomic E-state index is 4.95. The summed E-state index contributed by atoms with van der Waals surface area (Å²) in [6, 6.07) is 4.35. The number of guanidine groups is 1. The van der Waals surface area contributed by atoms with Crippen LogP contribution >= 0.6 is 0 Å². The van der Waals surface area contributed by atoms with Crippen molar-refractivity contribution < 1.29 is 0 Å². The summed E-state index contributed by atoms with van der Waals surface area (Å²) in [7, 11) is 2.18. The Morgan fingerprint density at radius 1 is 1.11 bits per heavy atom. The van der Waals surface area contributed by atoms with Gasteiger partial charge in [0.1, 0.15) is 5.82 Å². The van der Waals surface area contributed by atoms with Gasteiger partial charge < -0.3 is 20.0 Å². The van der Waals surface area contributed by atoms with E-state index in [1.54, 1.807) is 0 Å². The number of likely N-dealkylation sites (N-methyl/N-ethyl adjacent to an activating group) is 1. The maximum Gasteiger partial charge on any atom is 0.194 e. The Balaban J connectivity index is 1.37. The molecule has 1 aromatic rings. The van der Waals surface area contributed by atoms with Gasteiger partial charge in [0.15, 0.2) is 5.96 Å². The molecule has 3 aliphatic rings. The highest BCUT2D eigenvalue weighted by Gasteiger charge is 2.35. The van der Waals surface area contributed by atoms with Crippen molar-refractivity contribution in [2.45, 2.75) is 39.2 Å². The lowest BCUT2D eigenvalue weighted by Gasteiger charge is -2.33. The second-order valence-electron chi connectivity index (χ2n) is 8.69. The van der Waals surface area contributed by atoms with Gasteiger partial charge in [0.05, 0.1) is 6.54 Å². The molecular weight excluding hydrogens is 348 g/mol. The van der Waals surface area contributed by atoms with E-state index in [0.29, 0.717) is 6.54 Å². The van der Waals surface area contributed by atoms with Crippen molar-refractivity contribution in [2.24, 2.45) is 16.8 Å². The van der Waals surface area contributed by atoms with Crippen molar-refractivity contribution in [3.8, 4) is 0 Å². The van der Waals surface area contributed by atoms with Crippen LogP contribution in [0.1, 0.15) is 38.2 Å². The Labute approximate surface area is 170 Å². The summed E-state index contributed by atoms with van der Waals surface area (Å²) in [5.41, 5.74) is 1.19. The van der Waals surface area contributed by atoms with Crippen LogP contribution in [0.2, 0.25) is 0 Å². The van der Waals surface area contributed by atoms with Gasteiger partial charge in [-0.2, -0.15) is 0 Å². The molecule has 0 spiro atoms. The fourth-order valence-electron chi connectivity index (χ4n) is 4.90. The van der Waals surface area contributed by atoms with Crippen molar-refractivity contribution in [2.75, 3.05) is 57.8 Å². The van der Waals surface area contributed by atoms with E-state index < -0.39 is 0 Å². The summed E-state index contributed by atoms with van der Waals surface area (Å²) in [5.74, 6) is 3.93. The van der Waals surface area contributed by atoms with Crippen LogP contribution in [-0.4, -0.2) is 73.6 Å². The first-order chi connectivity index (χ1) is 13.7. The minimum atomic E-state index is 0.699. The Bertz CT molecular complexity index is 635. The van der Waals surface area contributed by atoms with Crippen molar-refractivity contribution in [3.05, 3.63) is 23.9 Å². The van der Waals surface area contributed by atoms with Crippen LogP contribution < -0.4 is 10.2 Å². The summed E-state index contributed by atoms with van der Waals surface area (Å²) < 4.78 is 0. The molecule has 28 heavy (non-hydrogen) atoms. The zero-order chi connectivity index (χ0) is 19.3. The van der Waals surface area contributed by atoms with Gasteiger partial charge >= 0.3 is 0 Å². The molecule has 3 fully saturated rings. The number of fused-ring (bicyclic) bond motifs is 1. The Morgan fingerprint density at radius 2 is 1.82 bits per heavy atom. The van der Waals surface area contributed by atoms with Crippen molar-refractivity contribution >= 4 is 11.8 Å². The summed E-state index contributed by atoms with van der Waals surface area (Å²) >= 11 is 0. The third kappa shape index (κ3) is 4.59. The number of hydrogen-bond acceptors (Lipinski definition) is 4. The molecule has 2 atom stereocenters. The molecule has 2 saturated heterocycles. The zero-order valence-corrected chi connectivity index (χ0v) is 17.6. The van der Waals surface area contributed by atoms with E-state index in [1.165, 1.54) is 44.3 Å². The molecule has 0 aromatic carbocycles. The lowest BCUT2D eigenvalue weighted by molar-refractivity contribution is 0.299. The maximum atomic E-state index is 4.95. The first-order valence-corrected chi connectivity index (χ1v) is 11.1. The minimum absolute atomic E-state index is 0.699. The summed E-state index contributed by atoms with van der Waals surface area (Å²) in [4.78, 5) is 16.9. The number of anilines is 1. The van der Waals surface area contributed by atoms with Crippen molar-refractivity contribution in [1.82, 2.24) is 20.1 Å². The van der Waals surface area contributed by atoms with Crippen molar-refractivity contribution in [1.29, 1.82) is 0 Å². The van der Waals surface area contributed by atoms with E-state index >= 15 is 0 Å². The van der Waals surface area contributed by atoms with Gasteiger partial charge in [-0.3, -0.25) is 0 Å². The Morgan fingerprint density at radius 3 is 2.43 bits per heavy atom. The molecule has 1 N–H and O–H groups in total. The monoisotopic (exact) mass is 384 g/mol. The highest BCUT2D eigenvalue weighted by atomic mass is 15.3. The fourth-order valence-corrected chi connectivity index (χ4v) is 4.90. The zero-order valence-electron chi connectivity index (χ0n) is 17.6. The molecule has 154 valence electrons. The van der Waals surface area contributed by atoms with Gasteiger partial charge in [-0.05, 0) is 50.3 Å². The number of likely N-dealkylation sites (tertiary alicyclic amines) is 1. The van der Waals surface area contributed by atoms with Gasteiger partial charge in [0.2, 0.25) is 0 Å². The standard InChI is InChI=1S/C22H36N6/c1-3-23-22(28-16-19-6-4-5-7-20(19)17-28)25-15-18-8-9-21(24-14-18)27-12-10-26(2)11-13-27/h8-9,14,19-20H,3-7,10-13,15-17H2,1-2H3,(H,23,25). The van der Waals surface area contributed by atoms with Crippen LogP contribution in [0.3, 0.4) is 0 Å². The highest BCUT2D eigenvalue weighted by molar-refractivity contribution is 5.80. The SMILES string of the molecule is CCNC(=NCc1ccc(N2CCN(C)CC2)nc1)N1CC2CCCCC2C1. The first kappa shape index (κ1) is 19.5. The number of aromatic nitrogens is 1. The predicted octanol–water partition coefficient (Wildman–Crippen LogP) is 2.42. The Hall–Kier alpha value is -1.82. The van der Waals surface area contributed by atoms with E-state index in [0.717, 1.165) is 56.3 Å². The van der Waals surface area contributed by atoms with Gasteiger partial charge in [-0.15, -0.1) is 0 Å². The number of pyridine rings is 1. The second-order valence-corrected chi connectivity index (χ2v) is 8.69. The van der Waals surface area contributed by atoms with E-state index in [9.17, 15) is 0 Å². The smallest absolute Gasteiger partial charge is 0.194 e. The molecule has 4 rings (SSSR count). The number of nitrogens with one attached hydrogen (secondary N) is 1.